The van der Waals surface area contributed by atoms with Gasteiger partial charge < -0.3 is 15.0 Å². The number of aromatic hydroxyl groups is 1. The molecule has 2 bridgehead atoms. The molecule has 0 amide bonds. The number of aromatic nitrogens is 5. The van der Waals surface area contributed by atoms with Gasteiger partial charge in [0.25, 0.3) is 0 Å². The minimum atomic E-state index is -1.31. The summed E-state index contributed by atoms with van der Waals surface area (Å²) in [6, 6.07) is 4.76. The van der Waals surface area contributed by atoms with Crippen molar-refractivity contribution in [1.29, 1.82) is 0 Å². The predicted molar refractivity (Wildman–Crippen MR) is 106 cm³/mol. The highest BCUT2D eigenvalue weighted by Gasteiger charge is 2.52. The summed E-state index contributed by atoms with van der Waals surface area (Å²) in [7, 11) is 0. The standard InChI is InChI=1S/C21H20F2N6O/c1-21-9-15(22)16(26-21)6-12(20(21)23)7-19-25-10-17(27-28-19)14-3-2-13(8-18(14)30)29-5-4-24-11-29/h2-5,7-8,10-11,15-16,20,26,30H,6,9H2,1H3/b12-7+/t15-,16?,20-,21-/m0/s1. The fourth-order valence-electron chi connectivity index (χ4n) is 4.32. The van der Waals surface area contributed by atoms with Crippen LogP contribution in [0.15, 0.2) is 48.7 Å². The van der Waals surface area contributed by atoms with E-state index in [1.807, 2.05) is 6.07 Å². The number of phenols is 1. The van der Waals surface area contributed by atoms with Gasteiger partial charge in [-0.3, -0.25) is 0 Å². The zero-order chi connectivity index (χ0) is 20.9. The molecule has 4 heterocycles. The van der Waals surface area contributed by atoms with Gasteiger partial charge in [0.15, 0.2) is 5.82 Å². The molecule has 0 spiro atoms. The Morgan fingerprint density at radius 2 is 2.17 bits per heavy atom. The number of phenolic OH excluding ortho intramolecular Hbond substituents is 1. The van der Waals surface area contributed by atoms with Crippen molar-refractivity contribution in [3.8, 4) is 22.7 Å². The summed E-state index contributed by atoms with van der Waals surface area (Å²) in [5.74, 6) is 0.287. The van der Waals surface area contributed by atoms with Crippen LogP contribution < -0.4 is 5.32 Å². The van der Waals surface area contributed by atoms with Crippen molar-refractivity contribution in [2.45, 2.75) is 43.7 Å². The topological polar surface area (TPSA) is 88.8 Å². The molecule has 0 radical (unpaired) electrons. The molecule has 2 aromatic heterocycles. The fourth-order valence-corrected chi connectivity index (χ4v) is 4.32. The van der Waals surface area contributed by atoms with E-state index in [-0.39, 0.29) is 30.5 Å². The second-order valence-electron chi connectivity index (χ2n) is 8.05. The molecule has 3 aromatic rings. The molecule has 2 N–H and O–H groups in total. The largest absolute Gasteiger partial charge is 0.507 e. The second kappa shape index (κ2) is 6.94. The third-order valence-corrected chi connectivity index (χ3v) is 5.86. The lowest BCUT2D eigenvalue weighted by Gasteiger charge is -2.35. The van der Waals surface area contributed by atoms with Gasteiger partial charge >= 0.3 is 0 Å². The summed E-state index contributed by atoms with van der Waals surface area (Å²) >= 11 is 0. The summed E-state index contributed by atoms with van der Waals surface area (Å²) < 4.78 is 30.8. The normalized spacial score (nSPS) is 29.4. The van der Waals surface area contributed by atoms with Gasteiger partial charge in [-0.15, -0.1) is 10.2 Å². The maximum atomic E-state index is 14.9. The number of imidazole rings is 1. The molecule has 1 aromatic carbocycles. The first-order valence-electron chi connectivity index (χ1n) is 9.71. The van der Waals surface area contributed by atoms with Crippen LogP contribution in [0.25, 0.3) is 23.0 Å². The molecule has 7 nitrogen and oxygen atoms in total. The SMILES string of the molecule is C[C@]12C[C@H](F)C(C/C(=C\c3ncc(-c4ccc(-n5ccnc5)cc4O)nn3)[C@@H]1F)N2. The lowest BCUT2D eigenvalue weighted by molar-refractivity contribution is 0.186. The van der Waals surface area contributed by atoms with Crippen molar-refractivity contribution in [1.82, 2.24) is 30.0 Å². The van der Waals surface area contributed by atoms with E-state index in [2.05, 4.69) is 25.5 Å². The van der Waals surface area contributed by atoms with Gasteiger partial charge in [-0.25, -0.2) is 18.7 Å². The zero-order valence-electron chi connectivity index (χ0n) is 16.2. The minimum Gasteiger partial charge on any atom is -0.507 e. The Labute approximate surface area is 171 Å². The number of hydrogen-bond donors (Lipinski definition) is 2. The Hall–Kier alpha value is -3.20. The van der Waals surface area contributed by atoms with Crippen LogP contribution in [-0.2, 0) is 0 Å². The molecule has 2 aliphatic heterocycles. The monoisotopic (exact) mass is 410 g/mol. The van der Waals surface area contributed by atoms with E-state index in [1.165, 1.54) is 6.20 Å². The number of alkyl halides is 2. The lowest BCUT2D eigenvalue weighted by Crippen LogP contribution is -2.53. The average Bonchev–Trinajstić information content (AvgIpc) is 3.34. The minimum absolute atomic E-state index is 0.0315. The number of piperidine rings is 1. The maximum absolute atomic E-state index is 14.9. The Morgan fingerprint density at radius 3 is 2.87 bits per heavy atom. The summed E-state index contributed by atoms with van der Waals surface area (Å²) in [5.41, 5.74) is 1.21. The number of nitrogens with zero attached hydrogens (tertiary/aromatic N) is 5. The summed E-state index contributed by atoms with van der Waals surface area (Å²) in [5, 5.41) is 21.6. The van der Waals surface area contributed by atoms with Gasteiger partial charge in [-0.2, -0.15) is 0 Å². The summed E-state index contributed by atoms with van der Waals surface area (Å²) in [6.45, 7) is 1.70. The third kappa shape index (κ3) is 3.15. The van der Waals surface area contributed by atoms with E-state index >= 15 is 0 Å². The second-order valence-corrected chi connectivity index (χ2v) is 8.05. The number of rotatable bonds is 3. The van der Waals surface area contributed by atoms with Crippen LogP contribution in [0.5, 0.6) is 5.75 Å². The van der Waals surface area contributed by atoms with Crippen LogP contribution in [0.2, 0.25) is 0 Å². The van der Waals surface area contributed by atoms with Crippen molar-refractivity contribution >= 4 is 6.08 Å². The lowest BCUT2D eigenvalue weighted by atomic mass is 9.86. The molecule has 154 valence electrons. The molecule has 2 fully saturated rings. The molecular weight excluding hydrogens is 390 g/mol. The van der Waals surface area contributed by atoms with Crippen LogP contribution in [0.3, 0.4) is 0 Å². The first kappa shape index (κ1) is 18.8. The first-order chi connectivity index (χ1) is 14.4. The van der Waals surface area contributed by atoms with Gasteiger partial charge in [0, 0.05) is 36.5 Å². The maximum Gasteiger partial charge on any atom is 0.174 e. The van der Waals surface area contributed by atoms with Gasteiger partial charge in [-0.05, 0) is 37.1 Å². The van der Waals surface area contributed by atoms with Crippen molar-refractivity contribution < 1.29 is 13.9 Å². The number of hydrogen-bond acceptors (Lipinski definition) is 6. The van der Waals surface area contributed by atoms with Crippen molar-refractivity contribution in [2.75, 3.05) is 0 Å². The smallest absolute Gasteiger partial charge is 0.174 e. The Balaban J connectivity index is 1.39. The van der Waals surface area contributed by atoms with Crippen LogP contribution in [0, 0.1) is 0 Å². The van der Waals surface area contributed by atoms with E-state index in [9.17, 15) is 13.9 Å². The third-order valence-electron chi connectivity index (χ3n) is 5.86. The predicted octanol–water partition coefficient (Wildman–Crippen LogP) is 3.01. The van der Waals surface area contributed by atoms with E-state index in [0.717, 1.165) is 5.69 Å². The Morgan fingerprint density at radius 1 is 1.30 bits per heavy atom. The first-order valence-corrected chi connectivity index (χ1v) is 9.71. The molecule has 2 saturated heterocycles. The molecule has 5 rings (SSSR count). The molecule has 1 unspecified atom stereocenters. The van der Waals surface area contributed by atoms with Crippen LogP contribution in [-0.4, -0.2) is 53.8 Å². The fraction of sp³-hybridized carbons (Fsp3) is 0.333. The van der Waals surface area contributed by atoms with E-state index < -0.39 is 17.9 Å². The van der Waals surface area contributed by atoms with Crippen LogP contribution in [0.1, 0.15) is 25.6 Å². The van der Waals surface area contributed by atoms with Crippen LogP contribution in [0.4, 0.5) is 8.78 Å². The van der Waals surface area contributed by atoms with Gasteiger partial charge in [0.2, 0.25) is 0 Å². The molecule has 4 atom stereocenters. The summed E-state index contributed by atoms with van der Waals surface area (Å²) in [4.78, 5) is 8.24. The number of halogens is 2. The zero-order valence-corrected chi connectivity index (χ0v) is 16.2. The highest BCUT2D eigenvalue weighted by molar-refractivity contribution is 5.68. The number of nitrogens with one attached hydrogen (secondary N) is 1. The molecule has 30 heavy (non-hydrogen) atoms. The van der Waals surface area contributed by atoms with Crippen molar-refractivity contribution in [2.24, 2.45) is 0 Å². The molecule has 9 heteroatoms. The molecule has 2 aliphatic rings. The van der Waals surface area contributed by atoms with Crippen molar-refractivity contribution in [3.63, 3.8) is 0 Å². The van der Waals surface area contributed by atoms with Crippen molar-refractivity contribution in [3.05, 3.63) is 54.5 Å². The van der Waals surface area contributed by atoms with Gasteiger partial charge in [0.05, 0.1) is 23.8 Å². The van der Waals surface area contributed by atoms with E-state index in [0.29, 0.717) is 16.8 Å². The highest BCUT2D eigenvalue weighted by atomic mass is 19.1. The Bertz CT molecular complexity index is 1100. The highest BCUT2D eigenvalue weighted by Crippen LogP contribution is 2.42. The molecule has 0 saturated carbocycles. The van der Waals surface area contributed by atoms with E-state index in [1.54, 1.807) is 48.4 Å². The summed E-state index contributed by atoms with van der Waals surface area (Å²) in [6.07, 6.45) is 6.15. The average molecular weight is 410 g/mol. The number of fused-ring (bicyclic) bond motifs is 2. The van der Waals surface area contributed by atoms with Crippen LogP contribution >= 0.6 is 0 Å². The molecule has 0 aliphatic carbocycles. The van der Waals surface area contributed by atoms with E-state index in [4.69, 9.17) is 0 Å². The molecular formula is C21H20F2N6O. The van der Waals surface area contributed by atoms with Gasteiger partial charge in [-0.1, -0.05) is 0 Å². The number of benzene rings is 1. The van der Waals surface area contributed by atoms with Gasteiger partial charge in [0.1, 0.15) is 23.8 Å². The Kier molecular flexibility index (Phi) is 4.35. The quantitative estimate of drug-likeness (QED) is 0.690.